The zero-order valence-electron chi connectivity index (χ0n) is 9.42. The van der Waals surface area contributed by atoms with Crippen LogP contribution in [0.2, 0.25) is 0 Å². The van der Waals surface area contributed by atoms with Crippen LogP contribution in [-0.2, 0) is 0 Å². The summed E-state index contributed by atoms with van der Waals surface area (Å²) in [5.74, 6) is 1.43. The van der Waals surface area contributed by atoms with Crippen LogP contribution in [0.3, 0.4) is 0 Å². The minimum absolute atomic E-state index is 0.204. The molecule has 3 heteroatoms. The molecule has 0 bridgehead atoms. The Morgan fingerprint density at radius 2 is 2.21 bits per heavy atom. The van der Waals surface area contributed by atoms with Crippen molar-refractivity contribution < 1.29 is 0 Å². The second-order valence-electron chi connectivity index (χ2n) is 4.51. The lowest BCUT2D eigenvalue weighted by Gasteiger charge is -2.32. The summed E-state index contributed by atoms with van der Waals surface area (Å²) < 4.78 is 0. The molecular formula is C11H23N3. The van der Waals surface area contributed by atoms with Gasteiger partial charge in [0, 0.05) is 19.0 Å². The van der Waals surface area contributed by atoms with Crippen molar-refractivity contribution >= 4 is 5.84 Å². The Labute approximate surface area is 87.2 Å². The normalized spacial score (nSPS) is 19.4. The minimum atomic E-state index is 0.204. The van der Waals surface area contributed by atoms with Crippen molar-refractivity contribution in [2.75, 3.05) is 19.6 Å². The molecule has 1 saturated carbocycles. The highest BCUT2D eigenvalue weighted by Crippen LogP contribution is 2.27. The molecule has 0 aliphatic heterocycles. The summed E-state index contributed by atoms with van der Waals surface area (Å²) in [4.78, 5) is 2.43. The molecule has 82 valence electrons. The molecule has 1 aliphatic carbocycles. The van der Waals surface area contributed by atoms with Crippen LogP contribution in [0.4, 0.5) is 0 Å². The van der Waals surface area contributed by atoms with E-state index in [4.69, 9.17) is 11.1 Å². The lowest BCUT2D eigenvalue weighted by atomic mass is 9.85. The molecule has 0 spiro atoms. The number of rotatable bonds is 6. The van der Waals surface area contributed by atoms with Gasteiger partial charge in [-0.15, -0.1) is 0 Å². The molecule has 14 heavy (non-hydrogen) atoms. The Hall–Kier alpha value is -0.570. The molecule has 3 N–H and O–H groups in total. The average molecular weight is 197 g/mol. The third kappa shape index (κ3) is 3.29. The molecule has 1 fully saturated rings. The molecule has 3 nitrogen and oxygen atoms in total. The van der Waals surface area contributed by atoms with E-state index in [1.807, 2.05) is 6.92 Å². The van der Waals surface area contributed by atoms with Gasteiger partial charge in [-0.05, 0) is 25.3 Å². The maximum Gasteiger partial charge on any atom is 0.0947 e. The highest BCUT2D eigenvalue weighted by atomic mass is 15.1. The van der Waals surface area contributed by atoms with E-state index in [0.717, 1.165) is 19.0 Å². The average Bonchev–Trinajstić information content (AvgIpc) is 2.08. The highest BCUT2D eigenvalue weighted by Gasteiger charge is 2.21. The van der Waals surface area contributed by atoms with Crippen LogP contribution in [0.1, 0.15) is 33.1 Å². The molecule has 0 aromatic rings. The van der Waals surface area contributed by atoms with Crippen molar-refractivity contribution in [3.63, 3.8) is 0 Å². The monoisotopic (exact) mass is 197 g/mol. The molecule has 0 amide bonds. The zero-order chi connectivity index (χ0) is 10.6. The fraction of sp³-hybridized carbons (Fsp3) is 0.909. The quantitative estimate of drug-likeness (QED) is 0.503. The number of hydrogen-bond acceptors (Lipinski definition) is 2. The summed E-state index contributed by atoms with van der Waals surface area (Å²) in [5.41, 5.74) is 5.47. The molecule has 0 saturated heterocycles. The fourth-order valence-electron chi connectivity index (χ4n) is 1.86. The number of amidine groups is 1. The number of nitrogens with two attached hydrogens (primary N) is 1. The zero-order valence-corrected chi connectivity index (χ0v) is 9.42. The van der Waals surface area contributed by atoms with Crippen molar-refractivity contribution in [2.45, 2.75) is 33.1 Å². The summed E-state index contributed by atoms with van der Waals surface area (Å²) in [6.45, 7) is 7.45. The molecular weight excluding hydrogens is 174 g/mol. The Morgan fingerprint density at radius 1 is 1.57 bits per heavy atom. The molecule has 0 aromatic carbocycles. The molecule has 1 unspecified atom stereocenters. The lowest BCUT2D eigenvalue weighted by Crippen LogP contribution is -2.38. The first-order valence-electron chi connectivity index (χ1n) is 5.69. The fourth-order valence-corrected chi connectivity index (χ4v) is 1.86. The summed E-state index contributed by atoms with van der Waals surface area (Å²) in [7, 11) is 0. The largest absolute Gasteiger partial charge is 0.387 e. The smallest absolute Gasteiger partial charge is 0.0947 e. The van der Waals surface area contributed by atoms with E-state index in [2.05, 4.69) is 11.8 Å². The first kappa shape index (κ1) is 11.5. The van der Waals surface area contributed by atoms with Gasteiger partial charge in [0.25, 0.3) is 0 Å². The van der Waals surface area contributed by atoms with Crippen molar-refractivity contribution in [1.29, 1.82) is 5.41 Å². The first-order chi connectivity index (χ1) is 6.63. The van der Waals surface area contributed by atoms with Gasteiger partial charge < -0.3 is 10.6 Å². The maximum absolute atomic E-state index is 7.36. The second-order valence-corrected chi connectivity index (χ2v) is 4.51. The molecule has 0 radical (unpaired) electrons. The SMILES string of the molecule is CCN(CC1CCC1)CC(C)C(=N)N. The highest BCUT2D eigenvalue weighted by molar-refractivity contribution is 5.79. The maximum atomic E-state index is 7.36. The summed E-state index contributed by atoms with van der Waals surface area (Å²) >= 11 is 0. The van der Waals surface area contributed by atoms with Gasteiger partial charge in [-0.25, -0.2) is 0 Å². The van der Waals surface area contributed by atoms with Crippen LogP contribution in [0.15, 0.2) is 0 Å². The Bertz CT molecular complexity index is 187. The lowest BCUT2D eigenvalue weighted by molar-refractivity contribution is 0.176. The van der Waals surface area contributed by atoms with Gasteiger partial charge in [-0.1, -0.05) is 20.3 Å². The standard InChI is InChI=1S/C11H23N3/c1-3-14(7-9(2)11(12)13)8-10-5-4-6-10/h9-10H,3-8H2,1-2H3,(H3,12,13). The van der Waals surface area contributed by atoms with Crippen molar-refractivity contribution in [3.8, 4) is 0 Å². The molecule has 0 aromatic heterocycles. The third-order valence-electron chi connectivity index (χ3n) is 3.25. The van der Waals surface area contributed by atoms with Gasteiger partial charge in [0.05, 0.1) is 5.84 Å². The van der Waals surface area contributed by atoms with Crippen molar-refractivity contribution in [1.82, 2.24) is 4.90 Å². The van der Waals surface area contributed by atoms with Crippen molar-refractivity contribution in [3.05, 3.63) is 0 Å². The van der Waals surface area contributed by atoms with Gasteiger partial charge in [0.15, 0.2) is 0 Å². The van der Waals surface area contributed by atoms with Crippen LogP contribution in [0, 0.1) is 17.2 Å². The Morgan fingerprint density at radius 3 is 2.57 bits per heavy atom. The van der Waals surface area contributed by atoms with Gasteiger partial charge in [-0.3, -0.25) is 5.41 Å². The topological polar surface area (TPSA) is 53.1 Å². The van der Waals surface area contributed by atoms with E-state index in [0.29, 0.717) is 5.84 Å². The van der Waals surface area contributed by atoms with E-state index in [9.17, 15) is 0 Å². The van der Waals surface area contributed by atoms with E-state index in [1.165, 1.54) is 25.8 Å². The summed E-state index contributed by atoms with van der Waals surface area (Å²) in [6.07, 6.45) is 4.19. The van der Waals surface area contributed by atoms with Crippen LogP contribution in [0.25, 0.3) is 0 Å². The summed E-state index contributed by atoms with van der Waals surface area (Å²) in [5, 5.41) is 7.36. The molecule has 1 atom stereocenters. The van der Waals surface area contributed by atoms with Crippen LogP contribution < -0.4 is 5.73 Å². The van der Waals surface area contributed by atoms with Crippen LogP contribution >= 0.6 is 0 Å². The van der Waals surface area contributed by atoms with Gasteiger partial charge >= 0.3 is 0 Å². The van der Waals surface area contributed by atoms with E-state index < -0.39 is 0 Å². The van der Waals surface area contributed by atoms with Crippen LogP contribution in [-0.4, -0.2) is 30.4 Å². The second kappa shape index (κ2) is 5.35. The summed E-state index contributed by atoms with van der Waals surface area (Å²) in [6, 6.07) is 0. The van der Waals surface area contributed by atoms with E-state index in [-0.39, 0.29) is 5.92 Å². The predicted molar refractivity (Wildman–Crippen MR) is 60.5 cm³/mol. The van der Waals surface area contributed by atoms with Gasteiger partial charge in [0.1, 0.15) is 0 Å². The molecule has 0 heterocycles. The molecule has 1 rings (SSSR count). The van der Waals surface area contributed by atoms with Crippen molar-refractivity contribution in [2.24, 2.45) is 17.6 Å². The minimum Gasteiger partial charge on any atom is -0.387 e. The molecule has 1 aliphatic rings. The van der Waals surface area contributed by atoms with E-state index >= 15 is 0 Å². The first-order valence-corrected chi connectivity index (χ1v) is 5.69. The predicted octanol–water partition coefficient (Wildman–Crippen LogP) is 1.68. The van der Waals surface area contributed by atoms with Gasteiger partial charge in [-0.2, -0.15) is 0 Å². The number of nitrogens with zero attached hydrogens (tertiary/aromatic N) is 1. The Kier molecular flexibility index (Phi) is 4.39. The number of hydrogen-bond donors (Lipinski definition) is 2. The number of nitrogens with one attached hydrogen (secondary N) is 1. The van der Waals surface area contributed by atoms with Gasteiger partial charge in [0.2, 0.25) is 0 Å². The third-order valence-corrected chi connectivity index (χ3v) is 3.25. The van der Waals surface area contributed by atoms with Crippen LogP contribution in [0.5, 0.6) is 0 Å². The van der Waals surface area contributed by atoms with E-state index in [1.54, 1.807) is 0 Å². The Balaban J connectivity index is 2.26.